The molecule has 0 fully saturated rings. The van der Waals surface area contributed by atoms with Crippen molar-refractivity contribution in [3.63, 3.8) is 0 Å². The highest BCUT2D eigenvalue weighted by Crippen LogP contribution is 2.36. The van der Waals surface area contributed by atoms with E-state index in [0.717, 1.165) is 31.8 Å². The van der Waals surface area contributed by atoms with E-state index in [1.807, 2.05) is 18.2 Å². The van der Waals surface area contributed by atoms with Gasteiger partial charge in [0.1, 0.15) is 17.3 Å². The zero-order valence-electron chi connectivity index (χ0n) is 13.0. The Morgan fingerprint density at radius 1 is 1.14 bits per heavy atom. The summed E-state index contributed by atoms with van der Waals surface area (Å²) in [6.45, 7) is 10.8. The molecule has 2 aromatic rings. The van der Waals surface area contributed by atoms with Gasteiger partial charge >= 0.3 is 0 Å². The summed E-state index contributed by atoms with van der Waals surface area (Å²) >= 11 is 7.03. The molecule has 0 bridgehead atoms. The van der Waals surface area contributed by atoms with Crippen LogP contribution in [0.2, 0.25) is 0 Å². The molecule has 0 saturated carbocycles. The Morgan fingerprint density at radius 2 is 1.76 bits per heavy atom. The molecule has 0 amide bonds. The Balaban J connectivity index is 2.68. The van der Waals surface area contributed by atoms with E-state index in [-0.39, 0.29) is 11.5 Å². The van der Waals surface area contributed by atoms with Crippen molar-refractivity contribution in [2.75, 3.05) is 5.73 Å². The predicted molar refractivity (Wildman–Crippen MR) is 96.6 cm³/mol. The molecule has 5 heteroatoms. The first-order chi connectivity index (χ1) is 9.62. The van der Waals surface area contributed by atoms with Gasteiger partial charge in [0.2, 0.25) is 0 Å². The summed E-state index contributed by atoms with van der Waals surface area (Å²) in [5.74, 6) is 1.74. The second-order valence-electron chi connectivity index (χ2n) is 6.51. The van der Waals surface area contributed by atoms with Crippen molar-refractivity contribution in [2.45, 2.75) is 46.1 Å². The fourth-order valence-corrected chi connectivity index (χ4v) is 2.98. The van der Waals surface area contributed by atoms with Crippen molar-refractivity contribution < 1.29 is 0 Å². The smallest absolute Gasteiger partial charge is 0.131 e. The van der Waals surface area contributed by atoms with E-state index in [1.165, 1.54) is 0 Å². The van der Waals surface area contributed by atoms with E-state index in [0.29, 0.717) is 0 Å². The van der Waals surface area contributed by atoms with Gasteiger partial charge in [-0.2, -0.15) is 0 Å². The van der Waals surface area contributed by atoms with Crippen LogP contribution in [0.1, 0.15) is 46.5 Å². The molecule has 0 spiro atoms. The predicted octanol–water partition coefficient (Wildman–Crippen LogP) is 5.54. The number of nitrogens with zero attached hydrogens (tertiary/aromatic N) is 2. The van der Waals surface area contributed by atoms with E-state index in [9.17, 15) is 0 Å². The second-order valence-corrected chi connectivity index (χ2v) is 8.22. The monoisotopic (exact) mass is 413 g/mol. The van der Waals surface area contributed by atoms with Crippen molar-refractivity contribution in [3.05, 3.63) is 33.0 Å². The number of imidazole rings is 1. The van der Waals surface area contributed by atoms with Crippen LogP contribution in [0.3, 0.4) is 0 Å². The Bertz CT molecular complexity index is 667. The first-order valence-corrected chi connectivity index (χ1v) is 8.55. The van der Waals surface area contributed by atoms with Gasteiger partial charge in [-0.1, -0.05) is 26.8 Å². The van der Waals surface area contributed by atoms with Crippen LogP contribution in [0, 0.1) is 0 Å². The van der Waals surface area contributed by atoms with Gasteiger partial charge in [-0.25, -0.2) is 4.98 Å². The van der Waals surface area contributed by atoms with Gasteiger partial charge in [0.25, 0.3) is 0 Å². The van der Waals surface area contributed by atoms with E-state index < -0.39 is 0 Å². The molecule has 0 unspecified atom stereocenters. The van der Waals surface area contributed by atoms with Crippen LogP contribution in [0.5, 0.6) is 0 Å². The molecule has 0 saturated heterocycles. The average Bonchev–Trinajstić information content (AvgIpc) is 2.70. The summed E-state index contributed by atoms with van der Waals surface area (Å²) in [4.78, 5) is 4.85. The van der Waals surface area contributed by atoms with Crippen molar-refractivity contribution in [1.29, 1.82) is 0 Å². The van der Waals surface area contributed by atoms with E-state index >= 15 is 0 Å². The maximum atomic E-state index is 6.40. The van der Waals surface area contributed by atoms with Crippen LogP contribution in [0.4, 0.5) is 5.82 Å². The number of nitrogen functional groups attached to an aromatic ring is 1. The molecule has 0 radical (unpaired) electrons. The fourth-order valence-electron chi connectivity index (χ4n) is 2.35. The first kappa shape index (κ1) is 16.6. The largest absolute Gasteiger partial charge is 0.383 e. The van der Waals surface area contributed by atoms with Crippen LogP contribution in [-0.4, -0.2) is 9.55 Å². The molecule has 1 heterocycles. The lowest BCUT2D eigenvalue weighted by Crippen LogP contribution is -2.21. The summed E-state index contributed by atoms with van der Waals surface area (Å²) in [7, 11) is 0. The quantitative estimate of drug-likeness (QED) is 0.701. The number of benzene rings is 1. The number of halogens is 2. The molecule has 0 atom stereocenters. The molecule has 1 aromatic heterocycles. The topological polar surface area (TPSA) is 43.8 Å². The van der Waals surface area contributed by atoms with Crippen LogP contribution in [-0.2, 0) is 5.41 Å². The highest BCUT2D eigenvalue weighted by Gasteiger charge is 2.26. The lowest BCUT2D eigenvalue weighted by Gasteiger charge is -2.22. The number of nitrogens with two attached hydrogens (primary N) is 1. The Morgan fingerprint density at radius 3 is 2.19 bits per heavy atom. The lowest BCUT2D eigenvalue weighted by molar-refractivity contribution is 0.473. The number of rotatable bonds is 2. The standard InChI is InChI=1S/C16H21Br2N3/c1-9(2)21-14(19)13(20-15(21)16(3,4)5)10-6-7-11(17)12(18)8-10/h6-9H,19H2,1-5H3. The van der Waals surface area contributed by atoms with Crippen molar-refractivity contribution in [2.24, 2.45) is 0 Å². The van der Waals surface area contributed by atoms with Crippen LogP contribution < -0.4 is 5.73 Å². The minimum atomic E-state index is -0.0523. The van der Waals surface area contributed by atoms with Crippen molar-refractivity contribution >= 4 is 37.7 Å². The summed E-state index contributed by atoms with van der Waals surface area (Å²) in [6, 6.07) is 6.36. The molecular formula is C16H21Br2N3. The number of hydrogen-bond donors (Lipinski definition) is 1. The molecule has 2 N–H and O–H groups in total. The molecule has 3 nitrogen and oxygen atoms in total. The Kier molecular flexibility index (Phi) is 4.54. The number of aromatic nitrogens is 2. The summed E-state index contributed by atoms with van der Waals surface area (Å²) in [6.07, 6.45) is 0. The van der Waals surface area contributed by atoms with E-state index in [1.54, 1.807) is 0 Å². The van der Waals surface area contributed by atoms with Gasteiger partial charge in [-0.15, -0.1) is 0 Å². The lowest BCUT2D eigenvalue weighted by atomic mass is 9.95. The molecular weight excluding hydrogens is 394 g/mol. The molecule has 21 heavy (non-hydrogen) atoms. The third-order valence-corrected chi connectivity index (χ3v) is 5.21. The third kappa shape index (κ3) is 3.19. The van der Waals surface area contributed by atoms with E-state index in [4.69, 9.17) is 10.7 Å². The SMILES string of the molecule is CC(C)n1c(C(C)(C)C)nc(-c2ccc(Br)c(Br)c2)c1N. The summed E-state index contributed by atoms with van der Waals surface area (Å²) < 4.78 is 4.14. The van der Waals surface area contributed by atoms with Gasteiger partial charge in [0.15, 0.2) is 0 Å². The van der Waals surface area contributed by atoms with Crippen molar-refractivity contribution in [3.8, 4) is 11.3 Å². The Hall–Kier alpha value is -0.810. The van der Waals surface area contributed by atoms with Crippen LogP contribution in [0.25, 0.3) is 11.3 Å². The van der Waals surface area contributed by atoms with Gasteiger partial charge in [0, 0.05) is 26.0 Å². The zero-order valence-corrected chi connectivity index (χ0v) is 16.2. The molecule has 1 aromatic carbocycles. The summed E-state index contributed by atoms with van der Waals surface area (Å²) in [5.41, 5.74) is 8.21. The van der Waals surface area contributed by atoms with Crippen LogP contribution in [0.15, 0.2) is 27.1 Å². The molecule has 0 aliphatic heterocycles. The first-order valence-electron chi connectivity index (χ1n) is 6.96. The third-order valence-electron chi connectivity index (χ3n) is 3.33. The zero-order chi connectivity index (χ0) is 15.9. The normalized spacial score (nSPS) is 12.2. The maximum absolute atomic E-state index is 6.40. The maximum Gasteiger partial charge on any atom is 0.131 e. The van der Waals surface area contributed by atoms with E-state index in [2.05, 4.69) is 71.0 Å². The molecule has 2 rings (SSSR count). The Labute approximate surface area is 143 Å². The molecule has 0 aliphatic carbocycles. The number of hydrogen-bond acceptors (Lipinski definition) is 2. The average molecular weight is 415 g/mol. The minimum absolute atomic E-state index is 0.0523. The molecule has 0 aliphatic rings. The second kappa shape index (κ2) is 5.76. The minimum Gasteiger partial charge on any atom is -0.383 e. The van der Waals surface area contributed by atoms with Crippen LogP contribution >= 0.6 is 31.9 Å². The van der Waals surface area contributed by atoms with Gasteiger partial charge in [-0.3, -0.25) is 0 Å². The van der Waals surface area contributed by atoms with Gasteiger partial charge in [-0.05, 0) is 57.8 Å². The summed E-state index contributed by atoms with van der Waals surface area (Å²) in [5, 5.41) is 0. The fraction of sp³-hybridized carbons (Fsp3) is 0.438. The van der Waals surface area contributed by atoms with Crippen molar-refractivity contribution in [1.82, 2.24) is 9.55 Å². The highest BCUT2D eigenvalue weighted by atomic mass is 79.9. The van der Waals surface area contributed by atoms with Gasteiger partial charge in [0.05, 0.1) is 0 Å². The molecule has 114 valence electrons. The van der Waals surface area contributed by atoms with Gasteiger partial charge < -0.3 is 10.3 Å². The highest BCUT2D eigenvalue weighted by molar-refractivity contribution is 9.13. The number of anilines is 1.